The van der Waals surface area contributed by atoms with Crippen molar-refractivity contribution in [2.75, 3.05) is 19.5 Å². The van der Waals surface area contributed by atoms with Gasteiger partial charge in [0.2, 0.25) is 0 Å². The Bertz CT molecular complexity index is 1110. The number of anilines is 1. The van der Waals surface area contributed by atoms with E-state index in [1.165, 1.54) is 44.8 Å². The van der Waals surface area contributed by atoms with Crippen LogP contribution in [0.1, 0.15) is 6.92 Å². The minimum absolute atomic E-state index is 0.0402. The summed E-state index contributed by atoms with van der Waals surface area (Å²) in [6.07, 6.45) is 1.22. The second-order valence-electron chi connectivity index (χ2n) is 5.99. The lowest BCUT2D eigenvalue weighted by Gasteiger charge is -2.23. The summed E-state index contributed by atoms with van der Waals surface area (Å²) in [4.78, 5) is 14.6. The molecule has 1 unspecified atom stereocenters. The van der Waals surface area contributed by atoms with Gasteiger partial charge in [0.05, 0.1) is 30.0 Å². The van der Waals surface area contributed by atoms with Gasteiger partial charge in [-0.1, -0.05) is 23.1 Å². The zero-order chi connectivity index (χ0) is 21.1. The van der Waals surface area contributed by atoms with Crippen LogP contribution in [0.5, 0.6) is 11.5 Å². The third-order valence-electron chi connectivity index (χ3n) is 3.87. The molecule has 0 aliphatic rings. The van der Waals surface area contributed by atoms with E-state index < -0.39 is 16.0 Å². The molecule has 0 radical (unpaired) electrons. The lowest BCUT2D eigenvalue weighted by Crippen LogP contribution is -2.40. The summed E-state index contributed by atoms with van der Waals surface area (Å²) in [5.74, 6) is -1.77. The number of aromatic nitrogens is 2. The maximum absolute atomic E-state index is 14.9. The van der Waals surface area contributed by atoms with Gasteiger partial charge in [0.15, 0.2) is 0 Å². The molecule has 3 aromatic rings. The fraction of sp³-hybridized carbons (Fsp3) is 0.222. The number of rotatable bonds is 8. The number of benzene rings is 2. The molecule has 0 fully saturated rings. The molecule has 0 saturated carbocycles. The van der Waals surface area contributed by atoms with Gasteiger partial charge in [-0.2, -0.15) is 4.39 Å². The van der Waals surface area contributed by atoms with Crippen LogP contribution in [0.15, 0.2) is 53.7 Å². The van der Waals surface area contributed by atoms with E-state index in [0.717, 1.165) is 6.92 Å². The van der Waals surface area contributed by atoms with Gasteiger partial charge in [0, 0.05) is 19.1 Å². The van der Waals surface area contributed by atoms with Gasteiger partial charge in [0.25, 0.3) is 10.0 Å². The van der Waals surface area contributed by atoms with Crippen molar-refractivity contribution >= 4 is 26.7 Å². The van der Waals surface area contributed by atoms with Crippen molar-refractivity contribution in [2.45, 2.75) is 17.8 Å². The van der Waals surface area contributed by atoms with Gasteiger partial charge >= 0.3 is 5.98 Å². The fourth-order valence-corrected chi connectivity index (χ4v) is 3.40. The number of halogens is 1. The highest BCUT2D eigenvalue weighted by Gasteiger charge is 2.29. The zero-order valence-corrected chi connectivity index (χ0v) is 16.7. The summed E-state index contributed by atoms with van der Waals surface area (Å²) in [6, 6.07) is 10.6. The molecule has 0 aliphatic carbocycles. The topological polar surface area (TPSA) is 112 Å². The molecule has 9 nitrogen and oxygen atoms in total. The highest BCUT2D eigenvalue weighted by molar-refractivity contribution is 7.89. The van der Waals surface area contributed by atoms with Gasteiger partial charge in [-0.3, -0.25) is 0 Å². The summed E-state index contributed by atoms with van der Waals surface area (Å²) in [5, 5.41) is 2.78. The standard InChI is InChI=1S/C18H19FN4O5S/c1-18(19,28-23-29(24,25)13-7-5-4-6-8-13)22-17-16-14(20-11-21-17)9-12(26-2)10-15(16)27-3/h4-11,23H,1-3H3,(H,20,21,22). The van der Waals surface area contributed by atoms with Crippen molar-refractivity contribution in [3.8, 4) is 11.5 Å². The molecule has 0 saturated heterocycles. The number of fused-ring (bicyclic) bond motifs is 1. The third kappa shape index (κ3) is 4.70. The molecule has 2 aromatic carbocycles. The van der Waals surface area contributed by atoms with E-state index in [-0.39, 0.29) is 10.7 Å². The molecule has 0 spiro atoms. The predicted octanol–water partition coefficient (Wildman–Crippen LogP) is 2.61. The van der Waals surface area contributed by atoms with E-state index in [9.17, 15) is 12.8 Å². The van der Waals surface area contributed by atoms with Crippen LogP contribution in [0.4, 0.5) is 10.2 Å². The number of nitrogens with one attached hydrogen (secondary N) is 2. The number of hydrogen-bond donors (Lipinski definition) is 2. The van der Waals surface area contributed by atoms with Crippen LogP contribution < -0.4 is 19.7 Å². The molecule has 0 amide bonds. The lowest BCUT2D eigenvalue weighted by atomic mass is 10.2. The Balaban J connectivity index is 1.86. The van der Waals surface area contributed by atoms with Crippen molar-refractivity contribution in [3.05, 3.63) is 48.8 Å². The van der Waals surface area contributed by atoms with Crippen molar-refractivity contribution in [3.63, 3.8) is 0 Å². The number of alkyl halides is 1. The van der Waals surface area contributed by atoms with Crippen molar-refractivity contribution in [2.24, 2.45) is 0 Å². The summed E-state index contributed by atoms with van der Waals surface area (Å²) >= 11 is 0. The smallest absolute Gasteiger partial charge is 0.302 e. The number of hydrogen-bond acceptors (Lipinski definition) is 8. The molecule has 1 aromatic heterocycles. The second-order valence-corrected chi connectivity index (χ2v) is 7.63. The Hall–Kier alpha value is -3.02. The number of methoxy groups -OCH3 is 2. The van der Waals surface area contributed by atoms with E-state index >= 15 is 0 Å². The first-order valence-electron chi connectivity index (χ1n) is 8.34. The fourth-order valence-electron chi connectivity index (χ4n) is 2.52. The Kier molecular flexibility index (Phi) is 5.82. The zero-order valence-electron chi connectivity index (χ0n) is 15.8. The summed E-state index contributed by atoms with van der Waals surface area (Å²) in [5.41, 5.74) is 0.430. The van der Waals surface area contributed by atoms with Crippen LogP contribution in [0.2, 0.25) is 0 Å². The monoisotopic (exact) mass is 422 g/mol. The highest BCUT2D eigenvalue weighted by atomic mass is 32.2. The number of nitrogens with zero attached hydrogens (tertiary/aromatic N) is 2. The van der Waals surface area contributed by atoms with Crippen LogP contribution in [-0.4, -0.2) is 38.6 Å². The minimum Gasteiger partial charge on any atom is -0.497 e. The van der Waals surface area contributed by atoms with E-state index in [2.05, 4.69) is 15.3 Å². The molecular formula is C18H19FN4O5S. The molecule has 29 heavy (non-hydrogen) atoms. The molecule has 1 atom stereocenters. The van der Waals surface area contributed by atoms with Crippen LogP contribution in [0.25, 0.3) is 10.9 Å². The number of sulfonamides is 1. The summed E-state index contributed by atoms with van der Waals surface area (Å²) < 4.78 is 49.9. The molecule has 154 valence electrons. The normalized spacial score (nSPS) is 13.7. The predicted molar refractivity (Wildman–Crippen MR) is 104 cm³/mol. The minimum atomic E-state index is -4.08. The Labute approximate surface area is 166 Å². The van der Waals surface area contributed by atoms with Gasteiger partial charge in [0.1, 0.15) is 23.6 Å². The lowest BCUT2D eigenvalue weighted by molar-refractivity contribution is -0.133. The Morgan fingerprint density at radius 2 is 1.79 bits per heavy atom. The summed E-state index contributed by atoms with van der Waals surface area (Å²) in [6.45, 7) is 0.991. The van der Waals surface area contributed by atoms with E-state index in [0.29, 0.717) is 22.4 Å². The van der Waals surface area contributed by atoms with Gasteiger partial charge in [-0.15, -0.1) is 0 Å². The SMILES string of the molecule is COc1cc(OC)c2c(NC(C)(F)ONS(=O)(=O)c3ccccc3)ncnc2c1. The van der Waals surface area contributed by atoms with Gasteiger partial charge < -0.3 is 14.8 Å². The van der Waals surface area contributed by atoms with E-state index in [1.54, 1.807) is 23.1 Å². The quantitative estimate of drug-likeness (QED) is 0.324. The van der Waals surface area contributed by atoms with Crippen LogP contribution >= 0.6 is 0 Å². The van der Waals surface area contributed by atoms with Crippen LogP contribution in [0, 0.1) is 0 Å². The Morgan fingerprint density at radius 1 is 1.07 bits per heavy atom. The second kappa shape index (κ2) is 8.15. The van der Waals surface area contributed by atoms with Crippen molar-refractivity contribution < 1.29 is 27.1 Å². The maximum Gasteiger partial charge on any atom is 0.302 e. The maximum atomic E-state index is 14.9. The summed E-state index contributed by atoms with van der Waals surface area (Å²) in [7, 11) is -1.15. The third-order valence-corrected chi connectivity index (χ3v) is 5.06. The Morgan fingerprint density at radius 3 is 2.45 bits per heavy atom. The molecule has 0 bridgehead atoms. The molecule has 3 rings (SSSR count). The van der Waals surface area contributed by atoms with E-state index in [1.807, 2.05) is 0 Å². The first-order chi connectivity index (χ1) is 13.8. The van der Waals surface area contributed by atoms with Gasteiger partial charge in [-0.05, 0) is 12.1 Å². The largest absolute Gasteiger partial charge is 0.497 e. The average molecular weight is 422 g/mol. The average Bonchev–Trinajstić information content (AvgIpc) is 2.72. The molecule has 0 aliphatic heterocycles. The molecular weight excluding hydrogens is 403 g/mol. The molecule has 2 N–H and O–H groups in total. The number of ether oxygens (including phenoxy) is 2. The van der Waals surface area contributed by atoms with Crippen LogP contribution in [0.3, 0.4) is 0 Å². The van der Waals surface area contributed by atoms with Gasteiger partial charge in [-0.25, -0.2) is 23.2 Å². The van der Waals surface area contributed by atoms with E-state index in [4.69, 9.17) is 14.3 Å². The highest BCUT2D eigenvalue weighted by Crippen LogP contribution is 2.35. The first-order valence-corrected chi connectivity index (χ1v) is 9.83. The van der Waals surface area contributed by atoms with Crippen molar-refractivity contribution in [1.82, 2.24) is 14.9 Å². The molecule has 11 heteroatoms. The van der Waals surface area contributed by atoms with Crippen molar-refractivity contribution in [1.29, 1.82) is 0 Å². The van der Waals surface area contributed by atoms with Crippen LogP contribution in [-0.2, 0) is 14.9 Å². The first kappa shape index (κ1) is 20.7. The molecule has 1 heterocycles.